The Bertz CT molecular complexity index is 1030. The van der Waals surface area contributed by atoms with Gasteiger partial charge >= 0.3 is 0 Å². The third-order valence-corrected chi connectivity index (χ3v) is 6.07. The van der Waals surface area contributed by atoms with Crippen LogP contribution in [0.4, 0.5) is 5.95 Å². The Labute approximate surface area is 168 Å². The highest BCUT2D eigenvalue weighted by molar-refractivity contribution is 5.80. The van der Waals surface area contributed by atoms with Crippen molar-refractivity contribution in [3.8, 4) is 0 Å². The molecule has 4 heterocycles. The fourth-order valence-corrected chi connectivity index (χ4v) is 4.45. The van der Waals surface area contributed by atoms with Gasteiger partial charge in [-0.15, -0.1) is 0 Å². The van der Waals surface area contributed by atoms with Crippen molar-refractivity contribution in [2.75, 3.05) is 12.3 Å². The van der Waals surface area contributed by atoms with Gasteiger partial charge in [-0.2, -0.15) is 4.98 Å². The van der Waals surface area contributed by atoms with Crippen LogP contribution in [0.2, 0.25) is 0 Å². The molecule has 6 unspecified atom stereocenters. The van der Waals surface area contributed by atoms with Crippen LogP contribution in [0, 0.1) is 0 Å². The van der Waals surface area contributed by atoms with E-state index in [-0.39, 0.29) is 29.6 Å². The number of hydrogen-bond acceptors (Lipinski definition) is 11. The predicted molar refractivity (Wildman–Crippen MR) is 99.1 cm³/mol. The standard InChI is InChI=1S/C17H23N5O8/c18-17-20-14-6(15(28)21-17)4(1-19-7-9(25)10(26)13-12(7)30-13)2-22(14)16-11(27)8(24)5(3-23)29-16/h2,5,7-13,16,19,23-27H,1,3H2,(H3,18,20,21,28)/t5-,7?,8?,9?,10?,11+,12?,13?,16-/m1/s1. The molecule has 2 saturated heterocycles. The van der Waals surface area contributed by atoms with Gasteiger partial charge < -0.3 is 50.6 Å². The van der Waals surface area contributed by atoms with Crippen LogP contribution in [0.1, 0.15) is 11.8 Å². The topological polar surface area (TPSA) is 212 Å². The fourth-order valence-electron chi connectivity index (χ4n) is 4.45. The molecule has 5 rings (SSSR count). The first-order valence-electron chi connectivity index (χ1n) is 9.58. The second-order valence-corrected chi connectivity index (χ2v) is 7.89. The van der Waals surface area contributed by atoms with Gasteiger partial charge in [-0.05, 0) is 5.56 Å². The number of aromatic amines is 1. The maximum absolute atomic E-state index is 12.6. The third-order valence-electron chi connectivity index (χ3n) is 6.07. The number of aliphatic hydroxyl groups is 5. The summed E-state index contributed by atoms with van der Waals surface area (Å²) < 4.78 is 12.3. The molecule has 0 bridgehead atoms. The second-order valence-electron chi connectivity index (χ2n) is 7.89. The number of ether oxygens (including phenoxy) is 2. The Hall–Kier alpha value is -2.10. The van der Waals surface area contributed by atoms with E-state index in [9.17, 15) is 30.3 Å². The van der Waals surface area contributed by atoms with Gasteiger partial charge in [0.15, 0.2) is 11.9 Å². The van der Waals surface area contributed by atoms with Gasteiger partial charge in [0.2, 0.25) is 5.95 Å². The number of H-pyrrole nitrogens is 1. The van der Waals surface area contributed by atoms with Crippen molar-refractivity contribution >= 4 is 17.0 Å². The number of nitrogens with two attached hydrogens (primary N) is 1. The van der Waals surface area contributed by atoms with Crippen molar-refractivity contribution in [3.05, 3.63) is 22.1 Å². The van der Waals surface area contributed by atoms with E-state index in [1.165, 1.54) is 10.8 Å². The summed E-state index contributed by atoms with van der Waals surface area (Å²) in [7, 11) is 0. The summed E-state index contributed by atoms with van der Waals surface area (Å²) in [6.45, 7) is -0.378. The largest absolute Gasteiger partial charge is 0.394 e. The maximum Gasteiger partial charge on any atom is 0.262 e. The molecule has 1 aliphatic carbocycles. The number of hydrogen-bond donors (Lipinski definition) is 8. The SMILES string of the molecule is Nc1nc2c(c(CNC3C(O)C(O)C4OC34)cn2[C@@H]2O[C@H](CO)C(O)[C@@H]2O)c(=O)[nH]1. The average Bonchev–Trinajstić information content (AvgIpc) is 3.26. The van der Waals surface area contributed by atoms with Crippen molar-refractivity contribution in [1.82, 2.24) is 19.9 Å². The Balaban J connectivity index is 1.49. The number of anilines is 1. The van der Waals surface area contributed by atoms with Gasteiger partial charge in [0.25, 0.3) is 5.56 Å². The van der Waals surface area contributed by atoms with E-state index in [1.807, 2.05) is 0 Å². The highest BCUT2D eigenvalue weighted by atomic mass is 16.6. The summed E-state index contributed by atoms with van der Waals surface area (Å²) in [6, 6.07) is -0.516. The summed E-state index contributed by atoms with van der Waals surface area (Å²) in [5.41, 5.74) is 5.78. The average molecular weight is 425 g/mol. The van der Waals surface area contributed by atoms with Gasteiger partial charge in [0.1, 0.15) is 42.7 Å². The lowest BCUT2D eigenvalue weighted by Gasteiger charge is -2.20. The van der Waals surface area contributed by atoms with E-state index in [2.05, 4.69) is 15.3 Å². The summed E-state index contributed by atoms with van der Waals surface area (Å²) in [5, 5.41) is 53.1. The number of epoxide rings is 1. The number of aliphatic hydroxyl groups excluding tert-OH is 5. The molecule has 164 valence electrons. The summed E-state index contributed by atoms with van der Waals surface area (Å²) in [6.07, 6.45) is -5.95. The van der Waals surface area contributed by atoms with Crippen LogP contribution in [0.3, 0.4) is 0 Å². The molecule has 0 radical (unpaired) electrons. The first-order valence-corrected chi connectivity index (χ1v) is 9.58. The molecular formula is C17H23N5O8. The van der Waals surface area contributed by atoms with E-state index in [4.69, 9.17) is 15.2 Å². The number of nitrogen functional groups attached to an aromatic ring is 1. The Kier molecular flexibility index (Phi) is 4.61. The minimum Gasteiger partial charge on any atom is -0.394 e. The normalized spacial score (nSPS) is 40.2. The molecule has 2 aromatic heterocycles. The van der Waals surface area contributed by atoms with Crippen LogP contribution >= 0.6 is 0 Å². The quantitative estimate of drug-likeness (QED) is 0.216. The van der Waals surface area contributed by atoms with Crippen molar-refractivity contribution in [1.29, 1.82) is 0 Å². The molecule has 0 aromatic carbocycles. The summed E-state index contributed by atoms with van der Waals surface area (Å²) in [4.78, 5) is 19.1. The second kappa shape index (κ2) is 6.96. The van der Waals surface area contributed by atoms with Crippen LogP contribution in [0.15, 0.2) is 11.0 Å². The third kappa shape index (κ3) is 2.86. The van der Waals surface area contributed by atoms with Crippen molar-refractivity contribution < 1.29 is 35.0 Å². The lowest BCUT2D eigenvalue weighted by atomic mass is 10.1. The molecule has 3 fully saturated rings. The summed E-state index contributed by atoms with van der Waals surface area (Å²) in [5.74, 6) is -0.137. The van der Waals surface area contributed by atoms with Crippen LogP contribution in [0.5, 0.6) is 0 Å². The lowest BCUT2D eigenvalue weighted by molar-refractivity contribution is -0.0509. The summed E-state index contributed by atoms with van der Waals surface area (Å²) >= 11 is 0. The first-order chi connectivity index (χ1) is 14.3. The van der Waals surface area contributed by atoms with Crippen LogP contribution < -0.4 is 16.6 Å². The first kappa shape index (κ1) is 19.8. The predicted octanol–water partition coefficient (Wildman–Crippen LogP) is -4.12. The van der Waals surface area contributed by atoms with Gasteiger partial charge in [-0.3, -0.25) is 9.78 Å². The number of nitrogens with one attached hydrogen (secondary N) is 2. The zero-order valence-corrected chi connectivity index (χ0v) is 15.6. The van der Waals surface area contributed by atoms with Crippen LogP contribution in [-0.2, 0) is 16.0 Å². The maximum atomic E-state index is 12.6. The zero-order chi connectivity index (χ0) is 21.3. The molecule has 0 amide bonds. The Morgan fingerprint density at radius 2 is 1.90 bits per heavy atom. The number of fused-ring (bicyclic) bond motifs is 2. The molecule has 2 aromatic rings. The van der Waals surface area contributed by atoms with Crippen molar-refractivity contribution in [2.24, 2.45) is 0 Å². The molecular weight excluding hydrogens is 402 g/mol. The zero-order valence-electron chi connectivity index (χ0n) is 15.6. The van der Waals surface area contributed by atoms with E-state index >= 15 is 0 Å². The van der Waals surface area contributed by atoms with Gasteiger partial charge in [0, 0.05) is 12.7 Å². The minimum atomic E-state index is -1.37. The Morgan fingerprint density at radius 3 is 2.53 bits per heavy atom. The number of aromatic nitrogens is 3. The number of nitrogens with zero attached hydrogens (tertiary/aromatic N) is 2. The molecule has 2 aliphatic heterocycles. The molecule has 3 aliphatic rings. The van der Waals surface area contributed by atoms with Crippen LogP contribution in [-0.4, -0.2) is 95.4 Å². The molecule has 9 N–H and O–H groups in total. The number of rotatable bonds is 5. The highest BCUT2D eigenvalue weighted by Gasteiger charge is 2.61. The van der Waals surface area contributed by atoms with E-state index in [1.54, 1.807) is 0 Å². The Morgan fingerprint density at radius 1 is 1.13 bits per heavy atom. The molecule has 1 saturated carbocycles. The van der Waals surface area contributed by atoms with E-state index < -0.39 is 61.1 Å². The van der Waals surface area contributed by atoms with Gasteiger partial charge in [-0.1, -0.05) is 0 Å². The van der Waals surface area contributed by atoms with Crippen LogP contribution in [0.25, 0.3) is 11.0 Å². The van der Waals surface area contributed by atoms with Gasteiger partial charge in [-0.25, -0.2) is 0 Å². The van der Waals surface area contributed by atoms with Crippen molar-refractivity contribution in [2.45, 2.75) is 61.5 Å². The lowest BCUT2D eigenvalue weighted by Crippen LogP contribution is -2.44. The highest BCUT2D eigenvalue weighted by Crippen LogP contribution is 2.39. The van der Waals surface area contributed by atoms with E-state index in [0.29, 0.717) is 5.56 Å². The monoisotopic (exact) mass is 425 g/mol. The molecule has 0 spiro atoms. The molecule has 9 atom stereocenters. The van der Waals surface area contributed by atoms with Gasteiger partial charge in [0.05, 0.1) is 18.0 Å². The minimum absolute atomic E-state index is 0.119. The molecule has 30 heavy (non-hydrogen) atoms. The molecule has 13 heteroatoms. The smallest absolute Gasteiger partial charge is 0.262 e. The fraction of sp³-hybridized carbons (Fsp3) is 0.647. The van der Waals surface area contributed by atoms with Crippen molar-refractivity contribution in [3.63, 3.8) is 0 Å². The molecule has 13 nitrogen and oxygen atoms in total. The van der Waals surface area contributed by atoms with E-state index in [0.717, 1.165) is 0 Å².